The third-order valence-corrected chi connectivity index (χ3v) is 15.6. The van der Waals surface area contributed by atoms with Gasteiger partial charge in [0.2, 0.25) is 5.91 Å². The highest BCUT2D eigenvalue weighted by Crippen LogP contribution is 2.51. The maximum atomic E-state index is 15.6. The van der Waals surface area contributed by atoms with E-state index in [-0.39, 0.29) is 40.5 Å². The molecule has 4 saturated heterocycles. The number of carbonyl (C=O) groups is 2. The molecule has 1 aliphatic carbocycles. The zero-order valence-electron chi connectivity index (χ0n) is 32.1. The van der Waals surface area contributed by atoms with E-state index in [2.05, 4.69) is 27.8 Å². The van der Waals surface area contributed by atoms with Crippen LogP contribution in [0.4, 0.5) is 19.3 Å². The number of sulfone groups is 1. The van der Waals surface area contributed by atoms with Crippen LogP contribution in [-0.4, -0.2) is 119 Å². The van der Waals surface area contributed by atoms with Crippen molar-refractivity contribution in [1.82, 2.24) is 20.0 Å². The Morgan fingerprint density at radius 3 is 2.36 bits per heavy atom. The number of hydrogen-bond acceptors (Lipinski definition) is 8. The van der Waals surface area contributed by atoms with Gasteiger partial charge in [-0.05, 0) is 125 Å². The fourth-order valence-corrected chi connectivity index (χ4v) is 12.2. The molecule has 1 N–H and O–H groups in total. The molecule has 55 heavy (non-hydrogen) atoms. The van der Waals surface area contributed by atoms with Crippen molar-refractivity contribution in [2.24, 2.45) is 17.8 Å². The predicted octanol–water partition coefficient (Wildman–Crippen LogP) is 5.62. The van der Waals surface area contributed by atoms with Gasteiger partial charge >= 0.3 is 6.09 Å². The Hall–Kier alpha value is -3.55. The van der Waals surface area contributed by atoms with E-state index < -0.39 is 27.0 Å². The Kier molecular flexibility index (Phi) is 12.2. The number of amides is 2. The summed E-state index contributed by atoms with van der Waals surface area (Å²) in [6.45, 7) is 11.1. The number of benzene rings is 2. The molecule has 4 atom stereocenters. The van der Waals surface area contributed by atoms with E-state index in [9.17, 15) is 18.0 Å². The summed E-state index contributed by atoms with van der Waals surface area (Å²) in [7, 11) is -2.44. The Bertz CT molecular complexity index is 1810. The number of methoxy groups -OCH3 is 1. The van der Waals surface area contributed by atoms with Crippen molar-refractivity contribution in [1.29, 1.82) is 0 Å². The van der Waals surface area contributed by atoms with E-state index in [0.29, 0.717) is 50.0 Å². The van der Waals surface area contributed by atoms with Crippen molar-refractivity contribution in [2.45, 2.75) is 79.4 Å². The van der Waals surface area contributed by atoms with Gasteiger partial charge in [0.25, 0.3) is 0 Å². The lowest BCUT2D eigenvalue weighted by molar-refractivity contribution is -0.125. The number of rotatable bonds is 12. The van der Waals surface area contributed by atoms with Crippen molar-refractivity contribution in [3.63, 3.8) is 0 Å². The van der Waals surface area contributed by atoms with Crippen molar-refractivity contribution in [3.8, 4) is 0 Å². The van der Waals surface area contributed by atoms with Crippen molar-refractivity contribution in [2.75, 3.05) is 77.5 Å². The van der Waals surface area contributed by atoms with Gasteiger partial charge in [-0.15, -0.1) is 0 Å². The summed E-state index contributed by atoms with van der Waals surface area (Å²) in [6.07, 6.45) is 8.57. The van der Waals surface area contributed by atoms with E-state index in [1.807, 2.05) is 11.0 Å². The number of halogens is 2. The average molecular weight is 782 g/mol. The van der Waals surface area contributed by atoms with Crippen LogP contribution in [0.5, 0.6) is 0 Å². The minimum Gasteiger partial charge on any atom is -0.453 e. The Balaban J connectivity index is 0.997. The van der Waals surface area contributed by atoms with Crippen LogP contribution in [0.2, 0.25) is 0 Å². The molecule has 5 fully saturated rings. The van der Waals surface area contributed by atoms with Gasteiger partial charge in [-0.2, -0.15) is 0 Å². The minimum absolute atomic E-state index is 0.0410. The molecule has 1 saturated carbocycles. The molecule has 7 rings (SSSR count). The molecule has 2 aromatic rings. The largest absolute Gasteiger partial charge is 0.453 e. The Morgan fingerprint density at radius 2 is 1.69 bits per heavy atom. The molecule has 13 heteroatoms. The molecule has 4 heterocycles. The summed E-state index contributed by atoms with van der Waals surface area (Å²) in [4.78, 5) is 33.3. The molecule has 0 radical (unpaired) electrons. The van der Waals surface area contributed by atoms with E-state index in [1.165, 1.54) is 30.2 Å². The van der Waals surface area contributed by atoms with Crippen molar-refractivity contribution < 1.29 is 31.5 Å². The van der Waals surface area contributed by atoms with Crippen LogP contribution >= 0.6 is 0 Å². The van der Waals surface area contributed by atoms with E-state index in [4.69, 9.17) is 4.74 Å². The van der Waals surface area contributed by atoms with Crippen LogP contribution in [0.1, 0.15) is 63.4 Å². The normalized spacial score (nSPS) is 25.7. The SMILES string of the molecule is C=CC(=O)N1CCCC[C@@H](S(=O)(=O)c2ccc(N3CC(CN4CCC([C@@](CN5CCC5)(c5cccc(F)c5)[C@H]5CCC[C@@H]5NC(=O)OC)CC4)C3)c(F)c2)C1. The maximum Gasteiger partial charge on any atom is 0.407 e. The van der Waals surface area contributed by atoms with Gasteiger partial charge in [-0.3, -0.25) is 4.79 Å². The first-order valence-corrected chi connectivity index (χ1v) is 21.8. The van der Waals surface area contributed by atoms with Crippen LogP contribution in [0.15, 0.2) is 60.0 Å². The molecule has 0 unspecified atom stereocenters. The summed E-state index contributed by atoms with van der Waals surface area (Å²) < 4.78 is 62.8. The molecule has 0 bridgehead atoms. The lowest BCUT2D eigenvalue weighted by Gasteiger charge is -2.54. The lowest BCUT2D eigenvalue weighted by atomic mass is 9.57. The van der Waals surface area contributed by atoms with Crippen LogP contribution in [0.25, 0.3) is 0 Å². The first-order chi connectivity index (χ1) is 26.5. The number of carbonyl (C=O) groups excluding carboxylic acids is 2. The zero-order chi connectivity index (χ0) is 38.7. The predicted molar refractivity (Wildman–Crippen MR) is 209 cm³/mol. The summed E-state index contributed by atoms with van der Waals surface area (Å²) >= 11 is 0. The van der Waals surface area contributed by atoms with Gasteiger partial charge in [-0.25, -0.2) is 22.0 Å². The molecule has 300 valence electrons. The third kappa shape index (κ3) is 8.30. The number of nitrogens with zero attached hydrogens (tertiary/aromatic N) is 4. The summed E-state index contributed by atoms with van der Waals surface area (Å²) in [6, 6.07) is 11.4. The number of ether oxygens (including phenoxy) is 1. The van der Waals surface area contributed by atoms with Gasteiger partial charge in [0.1, 0.15) is 11.6 Å². The molecule has 2 aromatic carbocycles. The highest BCUT2D eigenvalue weighted by atomic mass is 32.2. The van der Waals surface area contributed by atoms with Crippen LogP contribution < -0.4 is 10.2 Å². The smallest absolute Gasteiger partial charge is 0.407 e. The fourth-order valence-electron chi connectivity index (χ4n) is 10.4. The summed E-state index contributed by atoms with van der Waals surface area (Å²) in [5, 5.41) is 2.38. The molecule has 5 aliphatic rings. The van der Waals surface area contributed by atoms with Gasteiger partial charge < -0.3 is 29.7 Å². The monoisotopic (exact) mass is 781 g/mol. The maximum absolute atomic E-state index is 15.6. The molecule has 2 amide bonds. The van der Waals surface area contributed by atoms with Crippen LogP contribution in [-0.2, 0) is 24.8 Å². The van der Waals surface area contributed by atoms with Crippen molar-refractivity contribution in [3.05, 3.63) is 72.3 Å². The second kappa shape index (κ2) is 16.9. The number of alkyl carbamates (subject to hydrolysis) is 1. The lowest BCUT2D eigenvalue weighted by Crippen LogP contribution is -2.60. The molecule has 4 aliphatic heterocycles. The second-order valence-corrected chi connectivity index (χ2v) is 18.8. The highest BCUT2D eigenvalue weighted by Gasteiger charge is 2.53. The zero-order valence-corrected chi connectivity index (χ0v) is 33.0. The van der Waals surface area contributed by atoms with Gasteiger partial charge in [0.15, 0.2) is 9.84 Å². The average Bonchev–Trinajstić information content (AvgIpc) is 3.45. The van der Waals surface area contributed by atoms with Crippen molar-refractivity contribution >= 4 is 27.5 Å². The Morgan fingerprint density at radius 1 is 0.909 bits per heavy atom. The fraction of sp³-hybridized carbons (Fsp3) is 0.619. The molecular weight excluding hydrogens is 725 g/mol. The molecule has 10 nitrogen and oxygen atoms in total. The first kappa shape index (κ1) is 39.7. The number of hydrogen-bond donors (Lipinski definition) is 1. The molecular formula is C42H57F2N5O5S. The third-order valence-electron chi connectivity index (χ3n) is 13.4. The molecule has 0 spiro atoms. The van der Waals surface area contributed by atoms with Crippen LogP contribution in [0.3, 0.4) is 0 Å². The first-order valence-electron chi connectivity index (χ1n) is 20.3. The van der Waals surface area contributed by atoms with Crippen LogP contribution in [0, 0.1) is 29.4 Å². The van der Waals surface area contributed by atoms with E-state index >= 15 is 8.78 Å². The highest BCUT2D eigenvalue weighted by molar-refractivity contribution is 7.92. The van der Waals surface area contributed by atoms with Gasteiger partial charge in [0, 0.05) is 56.6 Å². The second-order valence-electron chi connectivity index (χ2n) is 16.6. The minimum atomic E-state index is -3.84. The van der Waals surface area contributed by atoms with E-state index in [0.717, 1.165) is 95.8 Å². The number of anilines is 1. The topological polar surface area (TPSA) is 103 Å². The summed E-state index contributed by atoms with van der Waals surface area (Å²) in [5.41, 5.74) is 1.13. The summed E-state index contributed by atoms with van der Waals surface area (Å²) in [5.74, 6) is -0.237. The Labute approximate surface area is 325 Å². The molecule has 0 aromatic heterocycles. The quantitative estimate of drug-likeness (QED) is 0.277. The number of likely N-dealkylation sites (tertiary alicyclic amines) is 3. The standard InChI is InChI=1S/C42H57F2N5O5S/c1-3-40(50)48-20-5-4-11-35(28-48)55(52,53)34-14-15-39(37(44)24-34)49-26-30(27-49)25-46-21-16-31(17-22-46)42(29-47-18-8-19-47,32-9-6-10-33(43)23-32)36-12-7-13-38(36)45-41(51)54-2/h3,6,9-10,14-15,23-24,30-31,35-36,38H,1,4-5,7-8,11-13,16-22,25-29H2,2H3,(H,45,51)/t35-,36+,38+,42+/m1/s1. The number of piperidine rings is 1. The number of nitrogens with one attached hydrogen (secondary N) is 1. The van der Waals surface area contributed by atoms with Gasteiger partial charge in [0.05, 0.1) is 22.9 Å². The van der Waals surface area contributed by atoms with E-state index in [1.54, 1.807) is 12.1 Å². The van der Waals surface area contributed by atoms with Gasteiger partial charge in [-0.1, -0.05) is 31.6 Å².